The highest BCUT2D eigenvalue weighted by Crippen LogP contribution is 2.19. The van der Waals surface area contributed by atoms with Crippen LogP contribution in [0.2, 0.25) is 0 Å². The van der Waals surface area contributed by atoms with Crippen molar-refractivity contribution >= 4 is 16.9 Å². The van der Waals surface area contributed by atoms with Crippen molar-refractivity contribution in [3.8, 4) is 5.75 Å². The molecular weight excluding hydrogens is 342 g/mol. The normalized spacial score (nSPS) is 19.5. The van der Waals surface area contributed by atoms with Gasteiger partial charge in [-0.05, 0) is 31.4 Å². The molecule has 1 aromatic carbocycles. The maximum absolute atomic E-state index is 12.4. The van der Waals surface area contributed by atoms with E-state index in [1.165, 1.54) is 6.42 Å². The number of likely N-dealkylation sites (tertiary alicyclic amines) is 1. The zero-order valence-electron chi connectivity index (χ0n) is 16.1. The van der Waals surface area contributed by atoms with Gasteiger partial charge in [-0.15, -0.1) is 0 Å². The molecule has 146 valence electrons. The molecule has 2 aromatic rings. The van der Waals surface area contributed by atoms with E-state index in [0.29, 0.717) is 12.5 Å². The van der Waals surface area contributed by atoms with Gasteiger partial charge in [-0.25, -0.2) is 4.98 Å². The van der Waals surface area contributed by atoms with Gasteiger partial charge in [0.15, 0.2) is 0 Å². The number of amides is 1. The molecule has 1 N–H and O–H groups in total. The molecule has 0 radical (unpaired) electrons. The maximum Gasteiger partial charge on any atom is 0.236 e. The first-order valence-corrected chi connectivity index (χ1v) is 9.96. The summed E-state index contributed by atoms with van der Waals surface area (Å²) in [5.74, 6) is 2.12. The van der Waals surface area contributed by atoms with Crippen molar-refractivity contribution < 1.29 is 9.53 Å². The summed E-state index contributed by atoms with van der Waals surface area (Å²) in [6.45, 7) is 7.07. The van der Waals surface area contributed by atoms with Crippen molar-refractivity contribution in [2.24, 2.45) is 0 Å². The van der Waals surface area contributed by atoms with Crippen molar-refractivity contribution in [1.29, 1.82) is 0 Å². The number of carbonyl (C=O) groups is 1. The number of H-pyrrole nitrogens is 1. The number of rotatable bonds is 5. The topological polar surface area (TPSA) is 64.7 Å². The summed E-state index contributed by atoms with van der Waals surface area (Å²) < 4.78 is 5.27. The minimum atomic E-state index is 0.300. The summed E-state index contributed by atoms with van der Waals surface area (Å²) in [6.07, 6.45) is 3.57. The van der Waals surface area contributed by atoms with E-state index in [2.05, 4.69) is 19.8 Å². The van der Waals surface area contributed by atoms with Gasteiger partial charge in [-0.1, -0.05) is 0 Å². The van der Waals surface area contributed by atoms with E-state index in [1.54, 1.807) is 7.11 Å². The molecule has 2 aliphatic heterocycles. The Kier molecular flexibility index (Phi) is 5.59. The van der Waals surface area contributed by atoms with Crippen LogP contribution in [0.3, 0.4) is 0 Å². The molecule has 2 fully saturated rings. The van der Waals surface area contributed by atoms with Gasteiger partial charge in [0.25, 0.3) is 0 Å². The van der Waals surface area contributed by atoms with E-state index in [-0.39, 0.29) is 0 Å². The Morgan fingerprint density at radius 2 is 1.81 bits per heavy atom. The minimum Gasteiger partial charge on any atom is -0.497 e. The molecule has 0 atom stereocenters. The smallest absolute Gasteiger partial charge is 0.236 e. The number of fused-ring (bicyclic) bond motifs is 1. The summed E-state index contributed by atoms with van der Waals surface area (Å²) in [5.41, 5.74) is 1.98. The quantitative estimate of drug-likeness (QED) is 0.867. The highest BCUT2D eigenvalue weighted by molar-refractivity contribution is 5.78. The lowest BCUT2D eigenvalue weighted by molar-refractivity contribution is -0.133. The standard InChI is InChI=1S/C20H29N5O2/c1-27-16-5-6-17-18(13-16)22-19(21-17)14-23-9-11-24(12-10-23)15-20(26)25-7-3-2-4-8-25/h5-6,13H,2-4,7-12,14-15H2,1H3,(H,21,22). The fraction of sp³-hybridized carbons (Fsp3) is 0.600. The van der Waals surface area contributed by atoms with Gasteiger partial charge in [0.2, 0.25) is 5.91 Å². The largest absolute Gasteiger partial charge is 0.497 e. The number of methoxy groups -OCH3 is 1. The van der Waals surface area contributed by atoms with Crippen molar-refractivity contribution in [2.75, 3.05) is 52.9 Å². The average molecular weight is 371 g/mol. The molecule has 7 heteroatoms. The Morgan fingerprint density at radius 3 is 2.56 bits per heavy atom. The first-order chi connectivity index (χ1) is 13.2. The number of aromatic nitrogens is 2. The van der Waals surface area contributed by atoms with Gasteiger partial charge in [-0.3, -0.25) is 14.6 Å². The Hall–Kier alpha value is -2.12. The summed E-state index contributed by atoms with van der Waals surface area (Å²) >= 11 is 0. The second kappa shape index (κ2) is 8.27. The molecule has 2 saturated heterocycles. The van der Waals surface area contributed by atoms with Gasteiger partial charge in [0.1, 0.15) is 11.6 Å². The minimum absolute atomic E-state index is 0.300. The predicted octanol–water partition coefficient (Wildman–Crippen LogP) is 1.70. The fourth-order valence-electron chi connectivity index (χ4n) is 4.00. The van der Waals surface area contributed by atoms with Gasteiger partial charge in [0.05, 0.1) is 31.2 Å². The summed E-state index contributed by atoms with van der Waals surface area (Å²) in [4.78, 5) is 27.2. The Balaban J connectivity index is 1.27. The molecular formula is C20H29N5O2. The lowest BCUT2D eigenvalue weighted by Crippen LogP contribution is -2.50. The summed E-state index contributed by atoms with van der Waals surface area (Å²) in [7, 11) is 1.67. The van der Waals surface area contributed by atoms with E-state index < -0.39 is 0 Å². The zero-order valence-corrected chi connectivity index (χ0v) is 16.1. The van der Waals surface area contributed by atoms with Crippen LogP contribution < -0.4 is 4.74 Å². The molecule has 0 bridgehead atoms. The van der Waals surface area contributed by atoms with Crippen LogP contribution in [0.1, 0.15) is 25.1 Å². The van der Waals surface area contributed by atoms with Crippen LogP contribution in [0.15, 0.2) is 18.2 Å². The molecule has 7 nitrogen and oxygen atoms in total. The van der Waals surface area contributed by atoms with Crippen LogP contribution in [-0.4, -0.2) is 83.5 Å². The molecule has 2 aliphatic rings. The molecule has 4 rings (SSSR count). The number of aromatic amines is 1. The number of benzene rings is 1. The van der Waals surface area contributed by atoms with Crippen LogP contribution in [0.4, 0.5) is 0 Å². The van der Waals surface area contributed by atoms with Crippen molar-refractivity contribution in [1.82, 2.24) is 24.7 Å². The van der Waals surface area contributed by atoms with E-state index in [0.717, 1.165) is 81.3 Å². The third kappa shape index (κ3) is 4.42. The van der Waals surface area contributed by atoms with Crippen molar-refractivity contribution in [3.63, 3.8) is 0 Å². The van der Waals surface area contributed by atoms with Crippen LogP contribution in [0, 0.1) is 0 Å². The number of nitrogens with zero attached hydrogens (tertiary/aromatic N) is 4. The highest BCUT2D eigenvalue weighted by Gasteiger charge is 2.23. The number of nitrogens with one attached hydrogen (secondary N) is 1. The van der Waals surface area contributed by atoms with Crippen LogP contribution in [0.5, 0.6) is 5.75 Å². The second-order valence-corrected chi connectivity index (χ2v) is 7.56. The van der Waals surface area contributed by atoms with Crippen LogP contribution in [0.25, 0.3) is 11.0 Å². The lowest BCUT2D eigenvalue weighted by atomic mass is 10.1. The van der Waals surface area contributed by atoms with Gasteiger partial charge in [0, 0.05) is 45.3 Å². The van der Waals surface area contributed by atoms with E-state index in [4.69, 9.17) is 4.74 Å². The monoisotopic (exact) mass is 371 g/mol. The molecule has 0 saturated carbocycles. The first kappa shape index (κ1) is 18.3. The van der Waals surface area contributed by atoms with Crippen LogP contribution >= 0.6 is 0 Å². The maximum atomic E-state index is 12.4. The molecule has 3 heterocycles. The number of hydrogen-bond donors (Lipinski definition) is 1. The third-order valence-corrected chi connectivity index (χ3v) is 5.64. The van der Waals surface area contributed by atoms with Crippen molar-refractivity contribution in [3.05, 3.63) is 24.0 Å². The van der Waals surface area contributed by atoms with Crippen molar-refractivity contribution in [2.45, 2.75) is 25.8 Å². The second-order valence-electron chi connectivity index (χ2n) is 7.56. The van der Waals surface area contributed by atoms with Crippen LogP contribution in [-0.2, 0) is 11.3 Å². The fourth-order valence-corrected chi connectivity index (χ4v) is 4.00. The highest BCUT2D eigenvalue weighted by atomic mass is 16.5. The third-order valence-electron chi connectivity index (χ3n) is 5.64. The number of ether oxygens (including phenoxy) is 1. The molecule has 27 heavy (non-hydrogen) atoms. The van der Waals surface area contributed by atoms with E-state index in [1.807, 2.05) is 23.1 Å². The molecule has 1 amide bonds. The zero-order chi connectivity index (χ0) is 18.6. The molecule has 0 spiro atoms. The van der Waals surface area contributed by atoms with Gasteiger partial charge >= 0.3 is 0 Å². The SMILES string of the molecule is COc1ccc2nc(CN3CCN(CC(=O)N4CCCCC4)CC3)[nH]c2c1. The first-order valence-electron chi connectivity index (χ1n) is 9.96. The summed E-state index contributed by atoms with van der Waals surface area (Å²) in [6, 6.07) is 5.90. The molecule has 1 aromatic heterocycles. The Labute approximate surface area is 160 Å². The number of imidazole rings is 1. The van der Waals surface area contributed by atoms with Gasteiger partial charge < -0.3 is 14.6 Å². The number of piperazine rings is 1. The number of hydrogen-bond acceptors (Lipinski definition) is 5. The lowest BCUT2D eigenvalue weighted by Gasteiger charge is -2.35. The Bertz CT molecular complexity index is 776. The average Bonchev–Trinajstić information content (AvgIpc) is 3.11. The molecule has 0 aliphatic carbocycles. The van der Waals surface area contributed by atoms with E-state index in [9.17, 15) is 4.79 Å². The Morgan fingerprint density at radius 1 is 1.07 bits per heavy atom. The van der Waals surface area contributed by atoms with E-state index >= 15 is 0 Å². The summed E-state index contributed by atoms with van der Waals surface area (Å²) in [5, 5.41) is 0. The van der Waals surface area contributed by atoms with Gasteiger partial charge in [-0.2, -0.15) is 0 Å². The number of piperidine rings is 1. The number of carbonyl (C=O) groups excluding carboxylic acids is 1. The predicted molar refractivity (Wildman–Crippen MR) is 105 cm³/mol. The molecule has 0 unspecified atom stereocenters.